The highest BCUT2D eigenvalue weighted by molar-refractivity contribution is 9.10. The lowest BCUT2D eigenvalue weighted by Crippen LogP contribution is -2.42. The van der Waals surface area contributed by atoms with Gasteiger partial charge in [0.25, 0.3) is 0 Å². The summed E-state index contributed by atoms with van der Waals surface area (Å²) in [6, 6.07) is 0. The fourth-order valence-corrected chi connectivity index (χ4v) is 2.72. The van der Waals surface area contributed by atoms with Crippen LogP contribution in [0.15, 0.2) is 4.47 Å². The monoisotopic (exact) mass is 301 g/mol. The highest BCUT2D eigenvalue weighted by Crippen LogP contribution is 2.25. The Morgan fingerprint density at radius 2 is 2.00 bits per heavy atom. The first kappa shape index (κ1) is 13.1. The van der Waals surface area contributed by atoms with E-state index in [4.69, 9.17) is 0 Å². The molecular formula is C12H20BrN3O. The van der Waals surface area contributed by atoms with Crippen molar-refractivity contribution in [1.82, 2.24) is 14.7 Å². The molecule has 1 aliphatic rings. The van der Waals surface area contributed by atoms with Crippen LogP contribution in [0.5, 0.6) is 0 Å². The predicted molar refractivity (Wildman–Crippen MR) is 70.8 cm³/mol. The quantitative estimate of drug-likeness (QED) is 0.906. The standard InChI is InChI=1S/C12H20BrN3O/c1-9-11(13)10(15(3)14-9)8-16-6-4-12(2,17)5-7-16/h17H,4-8H2,1-3H3. The van der Waals surface area contributed by atoms with Crippen molar-refractivity contribution in [3.8, 4) is 0 Å². The van der Waals surface area contributed by atoms with Gasteiger partial charge in [-0.25, -0.2) is 0 Å². The van der Waals surface area contributed by atoms with Gasteiger partial charge in [-0.2, -0.15) is 5.10 Å². The van der Waals surface area contributed by atoms with E-state index in [-0.39, 0.29) is 0 Å². The van der Waals surface area contributed by atoms with Gasteiger partial charge in [0.05, 0.1) is 21.5 Å². The molecule has 1 N–H and O–H groups in total. The number of hydrogen-bond acceptors (Lipinski definition) is 3. The molecule has 1 fully saturated rings. The van der Waals surface area contributed by atoms with E-state index in [0.29, 0.717) is 0 Å². The van der Waals surface area contributed by atoms with Crippen LogP contribution in [0.3, 0.4) is 0 Å². The molecule has 17 heavy (non-hydrogen) atoms. The Morgan fingerprint density at radius 3 is 2.47 bits per heavy atom. The van der Waals surface area contributed by atoms with Crippen molar-refractivity contribution in [2.45, 2.75) is 38.8 Å². The van der Waals surface area contributed by atoms with Gasteiger partial charge in [-0.3, -0.25) is 9.58 Å². The number of aryl methyl sites for hydroxylation is 2. The first-order chi connectivity index (χ1) is 7.89. The van der Waals surface area contributed by atoms with E-state index in [1.54, 1.807) is 0 Å². The summed E-state index contributed by atoms with van der Waals surface area (Å²) in [6.45, 7) is 6.73. The zero-order chi connectivity index (χ0) is 12.6. The van der Waals surface area contributed by atoms with E-state index in [9.17, 15) is 5.11 Å². The molecule has 0 unspecified atom stereocenters. The van der Waals surface area contributed by atoms with Crippen LogP contribution in [0.2, 0.25) is 0 Å². The Bertz CT molecular complexity index is 404. The van der Waals surface area contributed by atoms with Gasteiger partial charge in [0.2, 0.25) is 0 Å². The summed E-state index contributed by atoms with van der Waals surface area (Å²) >= 11 is 3.59. The fraction of sp³-hybridized carbons (Fsp3) is 0.750. The van der Waals surface area contributed by atoms with Gasteiger partial charge in [-0.15, -0.1) is 0 Å². The number of rotatable bonds is 2. The molecular weight excluding hydrogens is 282 g/mol. The summed E-state index contributed by atoms with van der Waals surface area (Å²) in [5, 5.41) is 14.3. The highest BCUT2D eigenvalue weighted by atomic mass is 79.9. The molecule has 4 nitrogen and oxygen atoms in total. The summed E-state index contributed by atoms with van der Waals surface area (Å²) < 4.78 is 3.05. The first-order valence-electron chi connectivity index (χ1n) is 6.02. The number of piperidine rings is 1. The van der Waals surface area contributed by atoms with Gasteiger partial charge < -0.3 is 5.11 Å². The molecule has 0 amide bonds. The number of aliphatic hydroxyl groups is 1. The molecule has 0 bridgehead atoms. The predicted octanol–water partition coefficient (Wildman–Crippen LogP) is 1.84. The van der Waals surface area contributed by atoms with Crippen molar-refractivity contribution < 1.29 is 5.11 Å². The van der Waals surface area contributed by atoms with Crippen LogP contribution in [0.4, 0.5) is 0 Å². The minimum Gasteiger partial charge on any atom is -0.390 e. The Morgan fingerprint density at radius 1 is 1.41 bits per heavy atom. The third-order valence-corrected chi connectivity index (χ3v) is 4.60. The second-order valence-corrected chi connectivity index (χ2v) is 6.04. The summed E-state index contributed by atoms with van der Waals surface area (Å²) in [5.74, 6) is 0. The molecule has 1 aromatic rings. The maximum absolute atomic E-state index is 9.92. The lowest BCUT2D eigenvalue weighted by molar-refractivity contribution is -0.00784. The van der Waals surface area contributed by atoms with Gasteiger partial charge in [0.15, 0.2) is 0 Å². The molecule has 0 radical (unpaired) electrons. The largest absolute Gasteiger partial charge is 0.390 e. The van der Waals surface area contributed by atoms with Crippen molar-refractivity contribution in [3.05, 3.63) is 15.9 Å². The van der Waals surface area contributed by atoms with Crippen LogP contribution in [0, 0.1) is 6.92 Å². The number of aromatic nitrogens is 2. The molecule has 0 spiro atoms. The van der Waals surface area contributed by atoms with Crippen molar-refractivity contribution in [1.29, 1.82) is 0 Å². The summed E-state index contributed by atoms with van der Waals surface area (Å²) in [5.41, 5.74) is 1.77. The molecule has 5 heteroatoms. The van der Waals surface area contributed by atoms with Crippen molar-refractivity contribution in [2.75, 3.05) is 13.1 Å². The molecule has 0 atom stereocenters. The van der Waals surface area contributed by atoms with Gasteiger partial charge in [-0.05, 0) is 42.6 Å². The number of nitrogens with zero attached hydrogens (tertiary/aromatic N) is 3. The molecule has 0 saturated carbocycles. The summed E-state index contributed by atoms with van der Waals surface area (Å²) in [7, 11) is 1.98. The highest BCUT2D eigenvalue weighted by Gasteiger charge is 2.28. The van der Waals surface area contributed by atoms with Crippen LogP contribution in [0.25, 0.3) is 0 Å². The SMILES string of the molecule is Cc1nn(C)c(CN2CCC(C)(O)CC2)c1Br. The Hall–Kier alpha value is -0.390. The van der Waals surface area contributed by atoms with Gasteiger partial charge in [0.1, 0.15) is 0 Å². The molecule has 1 aromatic heterocycles. The van der Waals surface area contributed by atoms with Crippen LogP contribution in [-0.4, -0.2) is 38.5 Å². The number of likely N-dealkylation sites (tertiary alicyclic amines) is 1. The van der Waals surface area contributed by atoms with Crippen LogP contribution < -0.4 is 0 Å². The molecule has 96 valence electrons. The van der Waals surface area contributed by atoms with E-state index in [1.165, 1.54) is 5.69 Å². The van der Waals surface area contributed by atoms with Crippen LogP contribution in [-0.2, 0) is 13.6 Å². The first-order valence-corrected chi connectivity index (χ1v) is 6.81. The van der Waals surface area contributed by atoms with E-state index in [1.807, 2.05) is 25.6 Å². The fourth-order valence-electron chi connectivity index (χ4n) is 2.26. The normalized spacial score (nSPS) is 20.8. The van der Waals surface area contributed by atoms with Gasteiger partial charge in [0, 0.05) is 26.7 Å². The van der Waals surface area contributed by atoms with Crippen molar-refractivity contribution in [2.24, 2.45) is 7.05 Å². The van der Waals surface area contributed by atoms with E-state index in [0.717, 1.165) is 42.6 Å². The Kier molecular flexibility index (Phi) is 3.61. The van der Waals surface area contributed by atoms with Crippen LogP contribution in [0.1, 0.15) is 31.2 Å². The zero-order valence-corrected chi connectivity index (χ0v) is 12.3. The summed E-state index contributed by atoms with van der Waals surface area (Å²) in [6.07, 6.45) is 1.70. The third-order valence-electron chi connectivity index (χ3n) is 3.57. The minimum atomic E-state index is -0.476. The third kappa shape index (κ3) is 2.89. The zero-order valence-electron chi connectivity index (χ0n) is 10.7. The molecule has 1 saturated heterocycles. The van der Waals surface area contributed by atoms with Gasteiger partial charge in [-0.1, -0.05) is 0 Å². The van der Waals surface area contributed by atoms with Crippen molar-refractivity contribution >= 4 is 15.9 Å². The molecule has 1 aliphatic heterocycles. The second-order valence-electron chi connectivity index (χ2n) is 5.24. The molecule has 0 aromatic carbocycles. The smallest absolute Gasteiger partial charge is 0.0739 e. The lowest BCUT2D eigenvalue weighted by atomic mass is 9.94. The average molecular weight is 302 g/mol. The molecule has 2 rings (SSSR count). The van der Waals surface area contributed by atoms with E-state index < -0.39 is 5.60 Å². The Labute approximate surface area is 111 Å². The second kappa shape index (κ2) is 4.71. The van der Waals surface area contributed by atoms with E-state index in [2.05, 4.69) is 25.9 Å². The topological polar surface area (TPSA) is 41.3 Å². The maximum Gasteiger partial charge on any atom is 0.0739 e. The maximum atomic E-state index is 9.92. The Balaban J connectivity index is 2.03. The average Bonchev–Trinajstić information content (AvgIpc) is 2.48. The van der Waals surface area contributed by atoms with E-state index >= 15 is 0 Å². The summed E-state index contributed by atoms with van der Waals surface area (Å²) in [4.78, 5) is 2.37. The lowest BCUT2D eigenvalue weighted by Gasteiger charge is -2.35. The molecule has 0 aliphatic carbocycles. The van der Waals surface area contributed by atoms with Gasteiger partial charge >= 0.3 is 0 Å². The van der Waals surface area contributed by atoms with Crippen LogP contribution >= 0.6 is 15.9 Å². The molecule has 2 heterocycles. The number of halogens is 1. The minimum absolute atomic E-state index is 0.476. The van der Waals surface area contributed by atoms with Crippen molar-refractivity contribution in [3.63, 3.8) is 0 Å². The number of hydrogen-bond donors (Lipinski definition) is 1.